The van der Waals surface area contributed by atoms with Crippen LogP contribution < -0.4 is 10.2 Å². The van der Waals surface area contributed by atoms with Crippen LogP contribution in [0.2, 0.25) is 0 Å². The van der Waals surface area contributed by atoms with Crippen LogP contribution in [0.3, 0.4) is 0 Å². The Morgan fingerprint density at radius 2 is 1.79 bits per heavy atom. The molecule has 1 N–H and O–H groups in total. The van der Waals surface area contributed by atoms with E-state index in [1.54, 1.807) is 6.92 Å². The molecule has 1 heterocycles. The zero-order valence-electron chi connectivity index (χ0n) is 9.99. The normalized spacial score (nSPS) is 20.4. The summed E-state index contributed by atoms with van der Waals surface area (Å²) in [5.41, 5.74) is -0.456. The fourth-order valence-corrected chi connectivity index (χ4v) is 1.79. The number of hydrogen-bond acceptors (Lipinski definition) is 2. The molecule has 1 aromatic carbocycles. The van der Waals surface area contributed by atoms with Gasteiger partial charge in [0.2, 0.25) is 5.91 Å². The maximum absolute atomic E-state index is 12.4. The van der Waals surface area contributed by atoms with Crippen molar-refractivity contribution in [1.29, 1.82) is 0 Å². The van der Waals surface area contributed by atoms with Gasteiger partial charge < -0.3 is 0 Å². The number of hydrogen-bond donors (Lipinski definition) is 1. The van der Waals surface area contributed by atoms with E-state index in [9.17, 15) is 22.8 Å². The molecule has 1 unspecified atom stereocenters. The molecule has 1 fully saturated rings. The molecule has 1 saturated heterocycles. The highest BCUT2D eigenvalue weighted by Gasteiger charge is 2.32. The third-order valence-electron chi connectivity index (χ3n) is 2.89. The summed E-state index contributed by atoms with van der Waals surface area (Å²) in [6, 6.07) is 3.62. The summed E-state index contributed by atoms with van der Waals surface area (Å²) in [4.78, 5) is 24.1. The van der Waals surface area contributed by atoms with E-state index in [1.165, 1.54) is 17.0 Å². The van der Waals surface area contributed by atoms with Gasteiger partial charge >= 0.3 is 12.2 Å². The lowest BCUT2D eigenvalue weighted by Gasteiger charge is -2.30. The first kappa shape index (κ1) is 13.4. The van der Waals surface area contributed by atoms with Crippen LogP contribution >= 0.6 is 0 Å². The monoisotopic (exact) mass is 272 g/mol. The summed E-state index contributed by atoms with van der Waals surface area (Å²) in [6.07, 6.45) is -4.41. The largest absolute Gasteiger partial charge is 0.416 e. The number of carbonyl (C=O) groups is 2. The van der Waals surface area contributed by atoms with Crippen LogP contribution in [0.5, 0.6) is 0 Å². The van der Waals surface area contributed by atoms with E-state index in [1.807, 2.05) is 0 Å². The van der Waals surface area contributed by atoms with E-state index in [0.29, 0.717) is 5.69 Å². The van der Waals surface area contributed by atoms with Crippen LogP contribution in [0.1, 0.15) is 12.5 Å². The number of rotatable bonds is 1. The van der Waals surface area contributed by atoms with Crippen molar-refractivity contribution in [1.82, 2.24) is 5.32 Å². The Kier molecular flexibility index (Phi) is 3.21. The number of carbonyl (C=O) groups excluding carboxylic acids is 2. The summed E-state index contributed by atoms with van der Waals surface area (Å²) in [5, 5.41) is 2.15. The van der Waals surface area contributed by atoms with Crippen molar-refractivity contribution < 1.29 is 22.8 Å². The van der Waals surface area contributed by atoms with Crippen molar-refractivity contribution in [3.05, 3.63) is 29.8 Å². The third-order valence-corrected chi connectivity index (χ3v) is 2.89. The van der Waals surface area contributed by atoms with Gasteiger partial charge in [-0.2, -0.15) is 13.2 Å². The smallest absolute Gasteiger partial charge is 0.293 e. The molecule has 0 radical (unpaired) electrons. The third kappa shape index (κ3) is 2.69. The second-order valence-electron chi connectivity index (χ2n) is 4.35. The average molecular weight is 272 g/mol. The summed E-state index contributed by atoms with van der Waals surface area (Å²) in [6.45, 7) is 1.79. The molecule has 102 valence electrons. The summed E-state index contributed by atoms with van der Waals surface area (Å²) >= 11 is 0. The molecule has 7 heteroatoms. The van der Waals surface area contributed by atoms with Gasteiger partial charge in [-0.25, -0.2) is 4.79 Å². The minimum atomic E-state index is -4.41. The fourth-order valence-electron chi connectivity index (χ4n) is 1.79. The molecule has 19 heavy (non-hydrogen) atoms. The molecular formula is C12H11F3N2O2. The van der Waals surface area contributed by atoms with Gasteiger partial charge in [0, 0.05) is 12.2 Å². The molecule has 2 rings (SSSR count). The Bertz CT molecular complexity index is 511. The second-order valence-corrected chi connectivity index (χ2v) is 4.35. The van der Waals surface area contributed by atoms with Gasteiger partial charge in [-0.1, -0.05) is 6.92 Å². The minimum Gasteiger partial charge on any atom is -0.293 e. The van der Waals surface area contributed by atoms with E-state index in [0.717, 1.165) is 12.1 Å². The zero-order valence-corrected chi connectivity index (χ0v) is 9.99. The van der Waals surface area contributed by atoms with Gasteiger partial charge in [0.15, 0.2) is 0 Å². The van der Waals surface area contributed by atoms with E-state index in [-0.39, 0.29) is 12.5 Å². The fraction of sp³-hybridized carbons (Fsp3) is 0.333. The van der Waals surface area contributed by atoms with Gasteiger partial charge in [0.1, 0.15) is 0 Å². The van der Waals surface area contributed by atoms with E-state index >= 15 is 0 Å². The predicted molar refractivity (Wildman–Crippen MR) is 61.5 cm³/mol. The lowest BCUT2D eigenvalue weighted by molar-refractivity contribution is -0.137. The lowest BCUT2D eigenvalue weighted by Crippen LogP contribution is -2.53. The first-order valence-corrected chi connectivity index (χ1v) is 5.58. The Hall–Kier alpha value is -2.05. The van der Waals surface area contributed by atoms with Crippen LogP contribution in [0, 0.1) is 5.92 Å². The molecule has 0 aliphatic carbocycles. The Morgan fingerprint density at radius 1 is 1.21 bits per heavy atom. The SMILES string of the molecule is CC1CN(c2ccc(C(F)(F)F)cc2)C(=O)NC1=O. The van der Waals surface area contributed by atoms with E-state index < -0.39 is 23.7 Å². The molecule has 3 amide bonds. The molecule has 1 aliphatic rings. The highest BCUT2D eigenvalue weighted by atomic mass is 19.4. The number of halogens is 3. The maximum Gasteiger partial charge on any atom is 0.416 e. The second kappa shape index (κ2) is 4.56. The van der Waals surface area contributed by atoms with Crippen LogP contribution in [0.15, 0.2) is 24.3 Å². The zero-order chi connectivity index (χ0) is 14.2. The lowest BCUT2D eigenvalue weighted by atomic mass is 10.1. The standard InChI is InChI=1S/C12H11F3N2O2/c1-7-6-17(11(19)16-10(7)18)9-4-2-8(3-5-9)12(13,14)15/h2-5,7H,6H2,1H3,(H,16,18,19). The summed E-state index contributed by atoms with van der Waals surface area (Å²) in [5.74, 6) is -0.784. The van der Waals surface area contributed by atoms with Crippen molar-refractivity contribution in [3.8, 4) is 0 Å². The molecule has 4 nitrogen and oxygen atoms in total. The first-order valence-electron chi connectivity index (χ1n) is 5.58. The summed E-state index contributed by atoms with van der Waals surface area (Å²) in [7, 11) is 0. The van der Waals surface area contributed by atoms with Crippen LogP contribution in [-0.2, 0) is 11.0 Å². The minimum absolute atomic E-state index is 0.149. The van der Waals surface area contributed by atoms with Gasteiger partial charge in [-0.05, 0) is 24.3 Å². The summed E-state index contributed by atoms with van der Waals surface area (Å²) < 4.78 is 37.2. The topological polar surface area (TPSA) is 49.4 Å². The molecular weight excluding hydrogens is 261 g/mol. The van der Waals surface area contributed by atoms with Gasteiger partial charge in [-0.3, -0.25) is 15.0 Å². The van der Waals surface area contributed by atoms with Gasteiger partial charge in [-0.15, -0.1) is 0 Å². The van der Waals surface area contributed by atoms with Gasteiger partial charge in [0.05, 0.1) is 11.5 Å². The van der Waals surface area contributed by atoms with Gasteiger partial charge in [0.25, 0.3) is 0 Å². The number of benzene rings is 1. The molecule has 0 bridgehead atoms. The molecule has 1 aliphatic heterocycles. The van der Waals surface area contributed by atoms with Crippen LogP contribution in [-0.4, -0.2) is 18.5 Å². The average Bonchev–Trinajstić information content (AvgIpc) is 2.33. The van der Waals surface area contributed by atoms with Crippen molar-refractivity contribution in [2.45, 2.75) is 13.1 Å². The predicted octanol–water partition coefficient (Wildman–Crippen LogP) is 2.40. The van der Waals surface area contributed by atoms with E-state index in [4.69, 9.17) is 0 Å². The molecule has 0 saturated carbocycles. The van der Waals surface area contributed by atoms with Crippen molar-refractivity contribution in [2.75, 3.05) is 11.4 Å². The Labute approximate surface area is 107 Å². The molecule has 0 spiro atoms. The molecule has 0 aromatic heterocycles. The number of imide groups is 1. The van der Waals surface area contributed by atoms with E-state index in [2.05, 4.69) is 5.32 Å². The highest BCUT2D eigenvalue weighted by molar-refractivity contribution is 6.06. The molecule has 1 aromatic rings. The number of anilines is 1. The number of nitrogens with one attached hydrogen (secondary N) is 1. The van der Waals surface area contributed by atoms with Crippen molar-refractivity contribution in [2.24, 2.45) is 5.92 Å². The maximum atomic E-state index is 12.4. The van der Waals surface area contributed by atoms with Crippen molar-refractivity contribution in [3.63, 3.8) is 0 Å². The number of alkyl halides is 3. The highest BCUT2D eigenvalue weighted by Crippen LogP contribution is 2.31. The Balaban J connectivity index is 2.23. The first-order chi connectivity index (χ1) is 8.79. The number of amides is 3. The molecule has 1 atom stereocenters. The van der Waals surface area contributed by atoms with Crippen molar-refractivity contribution >= 4 is 17.6 Å². The Morgan fingerprint density at radius 3 is 2.32 bits per heavy atom. The number of urea groups is 1. The van der Waals surface area contributed by atoms with Crippen LogP contribution in [0.4, 0.5) is 23.7 Å². The quantitative estimate of drug-likeness (QED) is 0.853. The number of nitrogens with zero attached hydrogens (tertiary/aromatic N) is 1. The van der Waals surface area contributed by atoms with Crippen LogP contribution in [0.25, 0.3) is 0 Å².